The molecule has 1 rings (SSSR count). The maximum Gasteiger partial charge on any atom is 0.0898 e. The van der Waals surface area contributed by atoms with Crippen molar-refractivity contribution < 1.29 is 0 Å². The Kier molecular flexibility index (Phi) is 2.40. The van der Waals surface area contributed by atoms with Gasteiger partial charge in [0.1, 0.15) is 0 Å². The first-order valence-corrected chi connectivity index (χ1v) is 4.29. The van der Waals surface area contributed by atoms with Crippen LogP contribution < -0.4 is 5.73 Å². The fourth-order valence-electron chi connectivity index (χ4n) is 0.760. The lowest BCUT2D eigenvalue weighted by Crippen LogP contribution is -2.08. The van der Waals surface area contributed by atoms with E-state index in [1.165, 1.54) is 0 Å². The van der Waals surface area contributed by atoms with Crippen molar-refractivity contribution >= 4 is 11.3 Å². The first-order chi connectivity index (χ1) is 4.74. The highest BCUT2D eigenvalue weighted by atomic mass is 32.1. The van der Waals surface area contributed by atoms with Crippen molar-refractivity contribution in [3.05, 3.63) is 16.1 Å². The number of nitrogens with zero attached hydrogens (tertiary/aromatic N) is 1. The molecular formula is C7H12N2S. The van der Waals surface area contributed by atoms with Crippen LogP contribution in [-0.2, 0) is 0 Å². The largest absolute Gasteiger partial charge is 0.323 e. The second kappa shape index (κ2) is 3.12. The summed E-state index contributed by atoms with van der Waals surface area (Å²) in [6, 6.07) is 0.130. The molecule has 1 heterocycles. The Morgan fingerprint density at radius 1 is 1.80 bits per heavy atom. The molecule has 3 heteroatoms. The van der Waals surface area contributed by atoms with Crippen LogP contribution in [0, 0.1) is 6.92 Å². The van der Waals surface area contributed by atoms with Gasteiger partial charge in [-0.05, 0) is 13.3 Å². The Morgan fingerprint density at radius 3 is 2.90 bits per heavy atom. The van der Waals surface area contributed by atoms with Gasteiger partial charge < -0.3 is 5.73 Å². The second-order valence-electron chi connectivity index (χ2n) is 2.31. The topological polar surface area (TPSA) is 38.9 Å². The number of rotatable bonds is 2. The van der Waals surface area contributed by atoms with E-state index in [0.717, 1.165) is 17.1 Å². The lowest BCUT2D eigenvalue weighted by molar-refractivity contribution is 0.679. The zero-order valence-electron chi connectivity index (χ0n) is 6.29. The molecule has 0 fully saturated rings. The first kappa shape index (κ1) is 7.69. The van der Waals surface area contributed by atoms with Crippen molar-refractivity contribution in [1.82, 2.24) is 4.98 Å². The molecule has 0 aromatic carbocycles. The van der Waals surface area contributed by atoms with Crippen molar-refractivity contribution in [3.63, 3.8) is 0 Å². The Morgan fingerprint density at radius 2 is 2.50 bits per heavy atom. The summed E-state index contributed by atoms with van der Waals surface area (Å²) in [6.45, 7) is 4.07. The molecule has 1 atom stereocenters. The Balaban J connectivity index is 2.74. The van der Waals surface area contributed by atoms with Crippen LogP contribution in [0.15, 0.2) is 5.38 Å². The molecule has 2 nitrogen and oxygen atoms in total. The predicted molar refractivity (Wildman–Crippen MR) is 44.1 cm³/mol. The minimum absolute atomic E-state index is 0.130. The molecule has 1 aromatic rings. The molecule has 0 unspecified atom stereocenters. The van der Waals surface area contributed by atoms with Gasteiger partial charge in [-0.1, -0.05) is 6.92 Å². The average Bonchev–Trinajstić information content (AvgIpc) is 2.34. The summed E-state index contributed by atoms with van der Waals surface area (Å²) >= 11 is 1.66. The minimum Gasteiger partial charge on any atom is -0.323 e. The van der Waals surface area contributed by atoms with Crippen molar-refractivity contribution in [3.8, 4) is 0 Å². The van der Waals surface area contributed by atoms with Crippen LogP contribution in [0.1, 0.15) is 30.1 Å². The summed E-state index contributed by atoms with van der Waals surface area (Å²) in [5.41, 5.74) is 6.78. The third-order valence-corrected chi connectivity index (χ3v) is 2.25. The van der Waals surface area contributed by atoms with Gasteiger partial charge >= 0.3 is 0 Å². The molecule has 0 radical (unpaired) electrons. The van der Waals surface area contributed by atoms with E-state index in [1.807, 2.05) is 12.3 Å². The monoisotopic (exact) mass is 156 g/mol. The Labute approximate surface area is 65.1 Å². The average molecular weight is 156 g/mol. The Bertz CT molecular complexity index is 207. The predicted octanol–water partition coefficient (Wildman–Crippen LogP) is 1.86. The summed E-state index contributed by atoms with van der Waals surface area (Å²) in [7, 11) is 0. The minimum atomic E-state index is 0.130. The number of nitrogens with two attached hydrogens (primary N) is 1. The zero-order valence-corrected chi connectivity index (χ0v) is 7.11. The molecule has 0 aliphatic carbocycles. The van der Waals surface area contributed by atoms with Gasteiger partial charge in [-0.15, -0.1) is 11.3 Å². The van der Waals surface area contributed by atoms with Crippen LogP contribution in [0.5, 0.6) is 0 Å². The summed E-state index contributed by atoms with van der Waals surface area (Å²) in [6.07, 6.45) is 0.961. The van der Waals surface area contributed by atoms with Crippen LogP contribution in [0.2, 0.25) is 0 Å². The standard InChI is InChI=1S/C7H12N2S/c1-3-6(8)7-4-10-5(2)9-7/h4,6H,3,8H2,1-2H3/t6-/m1/s1. The van der Waals surface area contributed by atoms with E-state index >= 15 is 0 Å². The summed E-state index contributed by atoms with van der Waals surface area (Å²) in [4.78, 5) is 4.27. The zero-order chi connectivity index (χ0) is 7.56. The summed E-state index contributed by atoms with van der Waals surface area (Å²) in [5, 5.41) is 3.13. The van der Waals surface area contributed by atoms with E-state index < -0.39 is 0 Å². The maximum atomic E-state index is 5.75. The van der Waals surface area contributed by atoms with E-state index in [0.29, 0.717) is 0 Å². The number of thiazole rings is 1. The molecule has 0 saturated carbocycles. The fourth-order valence-corrected chi connectivity index (χ4v) is 1.44. The van der Waals surface area contributed by atoms with Crippen LogP contribution in [0.3, 0.4) is 0 Å². The molecule has 0 aliphatic rings. The van der Waals surface area contributed by atoms with Crippen molar-refractivity contribution in [2.75, 3.05) is 0 Å². The molecule has 0 bridgehead atoms. The normalized spacial score (nSPS) is 13.5. The van der Waals surface area contributed by atoms with E-state index in [4.69, 9.17) is 5.73 Å². The molecule has 0 saturated heterocycles. The molecule has 0 aliphatic heterocycles. The SMILES string of the molecule is CC[C@@H](N)c1csc(C)n1. The van der Waals surface area contributed by atoms with Gasteiger partial charge in [-0.25, -0.2) is 4.98 Å². The highest BCUT2D eigenvalue weighted by Crippen LogP contribution is 2.15. The smallest absolute Gasteiger partial charge is 0.0898 e. The molecule has 1 aromatic heterocycles. The van der Waals surface area contributed by atoms with Crippen molar-refractivity contribution in [2.24, 2.45) is 5.73 Å². The lowest BCUT2D eigenvalue weighted by atomic mass is 10.2. The van der Waals surface area contributed by atoms with E-state index in [1.54, 1.807) is 11.3 Å². The molecule has 0 spiro atoms. The van der Waals surface area contributed by atoms with E-state index in [-0.39, 0.29) is 6.04 Å². The van der Waals surface area contributed by atoms with Gasteiger partial charge in [-0.2, -0.15) is 0 Å². The quantitative estimate of drug-likeness (QED) is 0.709. The van der Waals surface area contributed by atoms with Crippen LogP contribution in [0.25, 0.3) is 0 Å². The van der Waals surface area contributed by atoms with Crippen molar-refractivity contribution in [2.45, 2.75) is 26.3 Å². The van der Waals surface area contributed by atoms with Crippen LogP contribution >= 0.6 is 11.3 Å². The lowest BCUT2D eigenvalue weighted by Gasteiger charge is -2.02. The first-order valence-electron chi connectivity index (χ1n) is 3.41. The van der Waals surface area contributed by atoms with E-state index in [2.05, 4.69) is 11.9 Å². The molecule has 10 heavy (non-hydrogen) atoms. The highest BCUT2D eigenvalue weighted by molar-refractivity contribution is 7.09. The van der Waals surface area contributed by atoms with Gasteiger partial charge in [0.05, 0.1) is 10.7 Å². The molecule has 56 valence electrons. The Hall–Kier alpha value is -0.410. The van der Waals surface area contributed by atoms with Gasteiger partial charge in [-0.3, -0.25) is 0 Å². The van der Waals surface area contributed by atoms with E-state index in [9.17, 15) is 0 Å². The number of hydrogen-bond acceptors (Lipinski definition) is 3. The molecule has 2 N–H and O–H groups in total. The number of aromatic nitrogens is 1. The third kappa shape index (κ3) is 1.55. The van der Waals surface area contributed by atoms with Gasteiger partial charge in [0.2, 0.25) is 0 Å². The second-order valence-corrected chi connectivity index (χ2v) is 3.37. The van der Waals surface area contributed by atoms with Gasteiger partial charge in [0.15, 0.2) is 0 Å². The summed E-state index contributed by atoms with van der Waals surface area (Å²) in [5.74, 6) is 0. The van der Waals surface area contributed by atoms with Crippen LogP contribution in [0.4, 0.5) is 0 Å². The maximum absolute atomic E-state index is 5.75. The van der Waals surface area contributed by atoms with Gasteiger partial charge in [0, 0.05) is 11.4 Å². The molecular weight excluding hydrogens is 144 g/mol. The highest BCUT2D eigenvalue weighted by Gasteiger charge is 2.05. The number of aryl methyl sites for hydroxylation is 1. The van der Waals surface area contributed by atoms with Crippen LogP contribution in [-0.4, -0.2) is 4.98 Å². The van der Waals surface area contributed by atoms with Crippen molar-refractivity contribution in [1.29, 1.82) is 0 Å². The number of hydrogen-bond donors (Lipinski definition) is 1. The third-order valence-electron chi connectivity index (χ3n) is 1.46. The van der Waals surface area contributed by atoms with Gasteiger partial charge in [0.25, 0.3) is 0 Å². The summed E-state index contributed by atoms with van der Waals surface area (Å²) < 4.78 is 0. The molecule has 0 amide bonds. The fraction of sp³-hybridized carbons (Fsp3) is 0.571.